The predicted octanol–water partition coefficient (Wildman–Crippen LogP) is 3.88. The number of nitrogens with zero attached hydrogens (tertiary/aromatic N) is 2. The van der Waals surface area contributed by atoms with E-state index < -0.39 is 5.60 Å². The summed E-state index contributed by atoms with van der Waals surface area (Å²) >= 11 is 0. The molecule has 1 aromatic carbocycles. The van der Waals surface area contributed by atoms with Gasteiger partial charge in [-0.05, 0) is 51.3 Å². The fraction of sp³-hybridized carbons (Fsp3) is 0.579. The fourth-order valence-corrected chi connectivity index (χ4v) is 3.11. The van der Waals surface area contributed by atoms with Crippen molar-refractivity contribution in [2.45, 2.75) is 51.0 Å². The van der Waals surface area contributed by atoms with Crippen molar-refractivity contribution in [3.05, 3.63) is 29.8 Å². The minimum Gasteiger partial charge on any atom is -0.497 e. The molecule has 1 saturated heterocycles. The van der Waals surface area contributed by atoms with Crippen LogP contribution in [-0.2, 0) is 10.2 Å². The highest BCUT2D eigenvalue weighted by Crippen LogP contribution is 2.39. The standard InChI is InChI=1S/C19H26N2O3/c1-18(2,3)24-17(22)21-13-10-19(9-12-20,11-14-21)15-5-7-16(23-4)8-6-15/h5-8H,9-11,13-14H2,1-4H3. The zero-order valence-corrected chi connectivity index (χ0v) is 15.0. The number of hydrogen-bond acceptors (Lipinski definition) is 4. The summed E-state index contributed by atoms with van der Waals surface area (Å²) in [5, 5.41) is 9.29. The molecular formula is C19H26N2O3. The SMILES string of the molecule is COc1ccc(C2(CC#N)CCN(C(=O)OC(C)(C)C)CC2)cc1. The summed E-state index contributed by atoms with van der Waals surface area (Å²) in [6.45, 7) is 6.80. The van der Waals surface area contributed by atoms with Crippen LogP contribution in [0.4, 0.5) is 4.79 Å². The molecular weight excluding hydrogens is 304 g/mol. The van der Waals surface area contributed by atoms with Crippen LogP contribution in [0.5, 0.6) is 5.75 Å². The molecule has 1 aromatic rings. The minimum absolute atomic E-state index is 0.209. The maximum absolute atomic E-state index is 12.2. The molecule has 1 fully saturated rings. The maximum Gasteiger partial charge on any atom is 0.410 e. The van der Waals surface area contributed by atoms with E-state index in [4.69, 9.17) is 9.47 Å². The molecule has 0 aliphatic carbocycles. The third-order valence-corrected chi connectivity index (χ3v) is 4.49. The van der Waals surface area contributed by atoms with E-state index in [0.717, 1.165) is 24.2 Å². The number of amides is 1. The fourth-order valence-electron chi connectivity index (χ4n) is 3.11. The Balaban J connectivity index is 2.11. The van der Waals surface area contributed by atoms with Crippen LogP contribution in [0, 0.1) is 11.3 Å². The smallest absolute Gasteiger partial charge is 0.410 e. The highest BCUT2D eigenvalue weighted by Gasteiger charge is 2.38. The van der Waals surface area contributed by atoms with Gasteiger partial charge in [-0.2, -0.15) is 5.26 Å². The van der Waals surface area contributed by atoms with Crippen molar-refractivity contribution in [1.82, 2.24) is 4.90 Å². The zero-order valence-electron chi connectivity index (χ0n) is 15.0. The number of likely N-dealkylation sites (tertiary alicyclic amines) is 1. The number of nitriles is 1. The van der Waals surface area contributed by atoms with Crippen molar-refractivity contribution in [3.8, 4) is 11.8 Å². The van der Waals surface area contributed by atoms with Gasteiger partial charge >= 0.3 is 6.09 Å². The molecule has 0 aromatic heterocycles. The predicted molar refractivity (Wildman–Crippen MR) is 91.9 cm³/mol. The Labute approximate surface area is 144 Å². The van der Waals surface area contributed by atoms with E-state index >= 15 is 0 Å². The van der Waals surface area contributed by atoms with E-state index in [1.807, 2.05) is 45.0 Å². The quantitative estimate of drug-likeness (QED) is 0.844. The molecule has 1 aliphatic rings. The largest absolute Gasteiger partial charge is 0.497 e. The molecule has 1 amide bonds. The van der Waals surface area contributed by atoms with Crippen LogP contribution in [0.25, 0.3) is 0 Å². The van der Waals surface area contributed by atoms with E-state index in [2.05, 4.69) is 6.07 Å². The number of hydrogen-bond donors (Lipinski definition) is 0. The van der Waals surface area contributed by atoms with Crippen LogP contribution < -0.4 is 4.74 Å². The van der Waals surface area contributed by atoms with Crippen molar-refractivity contribution in [1.29, 1.82) is 5.26 Å². The molecule has 1 aliphatic heterocycles. The molecule has 2 rings (SSSR count). The molecule has 0 radical (unpaired) electrons. The summed E-state index contributed by atoms with van der Waals surface area (Å²) in [5.41, 5.74) is 0.432. The minimum atomic E-state index is -0.492. The van der Waals surface area contributed by atoms with Crippen LogP contribution in [0.15, 0.2) is 24.3 Å². The van der Waals surface area contributed by atoms with Gasteiger partial charge in [-0.1, -0.05) is 12.1 Å². The first-order chi connectivity index (χ1) is 11.3. The van der Waals surface area contributed by atoms with Gasteiger partial charge in [0.25, 0.3) is 0 Å². The molecule has 0 bridgehead atoms. The van der Waals surface area contributed by atoms with Gasteiger partial charge in [0.1, 0.15) is 11.4 Å². The molecule has 5 nitrogen and oxygen atoms in total. The Bertz CT molecular complexity index is 603. The van der Waals surface area contributed by atoms with E-state index in [-0.39, 0.29) is 11.5 Å². The number of benzene rings is 1. The lowest BCUT2D eigenvalue weighted by Crippen LogP contribution is -2.46. The lowest BCUT2D eigenvalue weighted by molar-refractivity contribution is 0.0165. The summed E-state index contributed by atoms with van der Waals surface area (Å²) in [7, 11) is 1.64. The lowest BCUT2D eigenvalue weighted by Gasteiger charge is -2.41. The van der Waals surface area contributed by atoms with E-state index in [1.54, 1.807) is 12.0 Å². The molecule has 5 heteroatoms. The number of rotatable bonds is 3. The molecule has 0 saturated carbocycles. The van der Waals surface area contributed by atoms with Crippen molar-refractivity contribution in [3.63, 3.8) is 0 Å². The second-order valence-corrected chi connectivity index (χ2v) is 7.31. The van der Waals surface area contributed by atoms with E-state index in [0.29, 0.717) is 19.5 Å². The van der Waals surface area contributed by atoms with Crippen LogP contribution in [0.1, 0.15) is 45.6 Å². The molecule has 24 heavy (non-hydrogen) atoms. The molecule has 0 spiro atoms. The summed E-state index contributed by atoms with van der Waals surface area (Å²) < 4.78 is 10.7. The Morgan fingerprint density at radius 1 is 1.25 bits per heavy atom. The maximum atomic E-state index is 12.2. The molecule has 130 valence electrons. The number of carbonyl (C=O) groups excluding carboxylic acids is 1. The topological polar surface area (TPSA) is 62.6 Å². The second-order valence-electron chi connectivity index (χ2n) is 7.31. The number of ether oxygens (including phenoxy) is 2. The van der Waals surface area contributed by atoms with Crippen LogP contribution in [-0.4, -0.2) is 36.8 Å². The van der Waals surface area contributed by atoms with E-state index in [9.17, 15) is 10.1 Å². The average molecular weight is 330 g/mol. The molecule has 1 heterocycles. The zero-order chi connectivity index (χ0) is 17.8. The third-order valence-electron chi connectivity index (χ3n) is 4.49. The summed E-state index contributed by atoms with van der Waals surface area (Å²) in [5.74, 6) is 0.803. The van der Waals surface area contributed by atoms with Gasteiger partial charge in [0.15, 0.2) is 0 Å². The van der Waals surface area contributed by atoms with Gasteiger partial charge < -0.3 is 14.4 Å². The Morgan fingerprint density at radius 2 is 1.83 bits per heavy atom. The Hall–Kier alpha value is -2.22. The highest BCUT2D eigenvalue weighted by molar-refractivity contribution is 5.68. The molecule has 0 atom stereocenters. The summed E-state index contributed by atoms with van der Waals surface area (Å²) in [4.78, 5) is 14.0. The van der Waals surface area contributed by atoms with Gasteiger partial charge in [-0.25, -0.2) is 4.79 Å². The molecule has 0 N–H and O–H groups in total. The van der Waals surface area contributed by atoms with E-state index in [1.165, 1.54) is 0 Å². The highest BCUT2D eigenvalue weighted by atomic mass is 16.6. The van der Waals surface area contributed by atoms with Gasteiger partial charge in [0.2, 0.25) is 0 Å². The molecule has 0 unspecified atom stereocenters. The van der Waals surface area contributed by atoms with Gasteiger partial charge in [0.05, 0.1) is 13.2 Å². The summed E-state index contributed by atoms with van der Waals surface area (Å²) in [6.07, 6.45) is 1.68. The number of piperidine rings is 1. The monoisotopic (exact) mass is 330 g/mol. The van der Waals surface area contributed by atoms with Crippen molar-refractivity contribution >= 4 is 6.09 Å². The van der Waals surface area contributed by atoms with Crippen molar-refractivity contribution in [2.75, 3.05) is 20.2 Å². The van der Waals surface area contributed by atoms with Gasteiger partial charge in [0, 0.05) is 24.9 Å². The average Bonchev–Trinajstić information content (AvgIpc) is 2.54. The van der Waals surface area contributed by atoms with Gasteiger partial charge in [-0.15, -0.1) is 0 Å². The second kappa shape index (κ2) is 7.12. The Kier molecular flexibility index (Phi) is 5.38. The third kappa shape index (κ3) is 4.19. The number of methoxy groups -OCH3 is 1. The van der Waals surface area contributed by atoms with Crippen molar-refractivity contribution in [2.24, 2.45) is 0 Å². The van der Waals surface area contributed by atoms with Crippen molar-refractivity contribution < 1.29 is 14.3 Å². The first kappa shape index (κ1) is 18.1. The van der Waals surface area contributed by atoms with Crippen LogP contribution >= 0.6 is 0 Å². The number of carbonyl (C=O) groups is 1. The first-order valence-corrected chi connectivity index (χ1v) is 8.29. The summed E-state index contributed by atoms with van der Waals surface area (Å²) in [6, 6.07) is 10.2. The normalized spacial score (nSPS) is 17.0. The van der Waals surface area contributed by atoms with Crippen LogP contribution in [0.2, 0.25) is 0 Å². The first-order valence-electron chi connectivity index (χ1n) is 8.29. The lowest BCUT2D eigenvalue weighted by atomic mass is 9.71. The Morgan fingerprint density at radius 3 is 2.29 bits per heavy atom. The van der Waals surface area contributed by atoms with Gasteiger partial charge in [-0.3, -0.25) is 0 Å². The van der Waals surface area contributed by atoms with Crippen LogP contribution in [0.3, 0.4) is 0 Å².